The molecule has 4 heteroatoms. The van der Waals surface area contributed by atoms with Crippen molar-refractivity contribution in [2.45, 2.75) is 45.6 Å². The molecular weight excluding hydrogens is 250 g/mol. The van der Waals surface area contributed by atoms with Gasteiger partial charge in [-0.3, -0.25) is 0 Å². The Hall–Kier alpha value is -1.16. The number of alkyl halides is 2. The third kappa shape index (κ3) is 4.16. The highest BCUT2D eigenvalue weighted by molar-refractivity contribution is 5.31. The molecule has 1 rings (SSSR count). The van der Waals surface area contributed by atoms with E-state index < -0.39 is 18.4 Å². The molecule has 0 spiro atoms. The van der Waals surface area contributed by atoms with Crippen LogP contribution in [0.5, 0.6) is 5.75 Å². The lowest BCUT2D eigenvalue weighted by atomic mass is 9.81. The summed E-state index contributed by atoms with van der Waals surface area (Å²) in [6.45, 7) is 6.10. The number of rotatable bonds is 7. The Morgan fingerprint density at radius 1 is 1.21 bits per heavy atom. The molecule has 1 aromatic carbocycles. The Morgan fingerprint density at radius 3 is 2.21 bits per heavy atom. The highest BCUT2D eigenvalue weighted by atomic mass is 19.3. The van der Waals surface area contributed by atoms with Crippen LogP contribution in [-0.4, -0.2) is 18.1 Å². The molecule has 0 aliphatic rings. The molecule has 0 heterocycles. The van der Waals surface area contributed by atoms with Crippen LogP contribution >= 0.6 is 0 Å². The summed E-state index contributed by atoms with van der Waals surface area (Å²) in [6.07, 6.45) is -2.19. The first-order chi connectivity index (χ1) is 8.90. The van der Waals surface area contributed by atoms with Gasteiger partial charge < -0.3 is 9.84 Å². The van der Waals surface area contributed by atoms with Crippen LogP contribution in [0.25, 0.3) is 0 Å². The maximum absolute atomic E-state index is 12.6. The molecule has 0 aliphatic heterocycles. The van der Waals surface area contributed by atoms with E-state index in [1.807, 2.05) is 6.92 Å². The highest BCUT2D eigenvalue weighted by Gasteiger charge is 2.36. The predicted molar refractivity (Wildman–Crippen MR) is 71.6 cm³/mol. The lowest BCUT2D eigenvalue weighted by molar-refractivity contribution is -0.0606. The summed E-state index contributed by atoms with van der Waals surface area (Å²) in [6, 6.07) is 6.74. The molecule has 0 aromatic heterocycles. The van der Waals surface area contributed by atoms with E-state index >= 15 is 0 Å². The van der Waals surface area contributed by atoms with Gasteiger partial charge in [-0.1, -0.05) is 32.9 Å². The summed E-state index contributed by atoms with van der Waals surface area (Å²) in [5, 5.41) is 10.5. The lowest BCUT2D eigenvalue weighted by Gasteiger charge is -2.32. The van der Waals surface area contributed by atoms with Crippen LogP contribution in [0.3, 0.4) is 0 Å². The third-order valence-corrected chi connectivity index (χ3v) is 3.25. The molecule has 2 nitrogen and oxygen atoms in total. The van der Waals surface area contributed by atoms with Gasteiger partial charge in [-0.2, -0.15) is 0 Å². The standard InChI is InChI=1S/C15H22F2O2/c1-4-9-19-13-7-5-12(6-8-13)15(18,11(2)3)10-14(16)17/h5-8,11,14,18H,4,9-10H2,1-3H3. The second-order valence-corrected chi connectivity index (χ2v) is 5.05. The van der Waals surface area contributed by atoms with Gasteiger partial charge in [-0.15, -0.1) is 0 Å². The minimum atomic E-state index is -2.54. The van der Waals surface area contributed by atoms with Gasteiger partial charge in [-0.05, 0) is 30.0 Å². The molecule has 19 heavy (non-hydrogen) atoms. The van der Waals surface area contributed by atoms with E-state index in [4.69, 9.17) is 4.74 Å². The van der Waals surface area contributed by atoms with E-state index in [1.165, 1.54) is 0 Å². The van der Waals surface area contributed by atoms with Gasteiger partial charge in [-0.25, -0.2) is 8.78 Å². The number of halogens is 2. The summed E-state index contributed by atoms with van der Waals surface area (Å²) < 4.78 is 30.7. The van der Waals surface area contributed by atoms with Crippen molar-refractivity contribution in [1.29, 1.82) is 0 Å². The van der Waals surface area contributed by atoms with Crippen molar-refractivity contribution in [3.05, 3.63) is 29.8 Å². The van der Waals surface area contributed by atoms with Crippen molar-refractivity contribution in [2.24, 2.45) is 5.92 Å². The van der Waals surface area contributed by atoms with Crippen LogP contribution in [0.4, 0.5) is 8.78 Å². The van der Waals surface area contributed by atoms with E-state index in [2.05, 4.69) is 0 Å². The Morgan fingerprint density at radius 2 is 1.79 bits per heavy atom. The highest BCUT2D eigenvalue weighted by Crippen LogP contribution is 2.35. The topological polar surface area (TPSA) is 29.5 Å². The van der Waals surface area contributed by atoms with Gasteiger partial charge in [0.05, 0.1) is 12.2 Å². The van der Waals surface area contributed by atoms with Gasteiger partial charge in [0.25, 0.3) is 0 Å². The minimum absolute atomic E-state index is 0.288. The molecule has 1 unspecified atom stereocenters. The fourth-order valence-corrected chi connectivity index (χ4v) is 1.98. The molecule has 0 saturated heterocycles. The van der Waals surface area contributed by atoms with Gasteiger partial charge in [0.15, 0.2) is 0 Å². The van der Waals surface area contributed by atoms with Gasteiger partial charge in [0.1, 0.15) is 5.75 Å². The molecule has 0 radical (unpaired) electrons. The van der Waals surface area contributed by atoms with Crippen molar-refractivity contribution >= 4 is 0 Å². The fraction of sp³-hybridized carbons (Fsp3) is 0.600. The minimum Gasteiger partial charge on any atom is -0.494 e. The van der Waals surface area contributed by atoms with Crippen molar-refractivity contribution in [2.75, 3.05) is 6.61 Å². The van der Waals surface area contributed by atoms with Crippen molar-refractivity contribution < 1.29 is 18.6 Å². The fourth-order valence-electron chi connectivity index (χ4n) is 1.98. The Labute approximate surface area is 113 Å². The van der Waals surface area contributed by atoms with E-state index in [9.17, 15) is 13.9 Å². The Kier molecular flexibility index (Phi) is 5.73. The van der Waals surface area contributed by atoms with Crippen LogP contribution in [0.1, 0.15) is 39.2 Å². The molecule has 0 bridgehead atoms. The van der Waals surface area contributed by atoms with Crippen molar-refractivity contribution in [3.63, 3.8) is 0 Å². The summed E-state index contributed by atoms with van der Waals surface area (Å²) in [5.41, 5.74) is -0.996. The molecule has 1 N–H and O–H groups in total. The zero-order valence-electron chi connectivity index (χ0n) is 11.7. The molecule has 0 amide bonds. The molecule has 0 fully saturated rings. The van der Waals surface area contributed by atoms with Crippen LogP contribution < -0.4 is 4.74 Å². The molecule has 108 valence electrons. The maximum atomic E-state index is 12.6. The summed E-state index contributed by atoms with van der Waals surface area (Å²) in [7, 11) is 0. The lowest BCUT2D eigenvalue weighted by Crippen LogP contribution is -2.34. The monoisotopic (exact) mass is 272 g/mol. The predicted octanol–water partition coefficient (Wildman–Crippen LogP) is 3.97. The smallest absolute Gasteiger partial charge is 0.241 e. The largest absolute Gasteiger partial charge is 0.494 e. The molecule has 0 aliphatic carbocycles. The SMILES string of the molecule is CCCOc1ccc(C(O)(CC(F)F)C(C)C)cc1. The quantitative estimate of drug-likeness (QED) is 0.813. The number of benzene rings is 1. The average Bonchev–Trinajstić information content (AvgIpc) is 2.35. The number of ether oxygens (including phenoxy) is 1. The number of aliphatic hydroxyl groups is 1. The van der Waals surface area contributed by atoms with Crippen LogP contribution in [0, 0.1) is 5.92 Å². The van der Waals surface area contributed by atoms with E-state index in [-0.39, 0.29) is 5.92 Å². The van der Waals surface area contributed by atoms with Crippen molar-refractivity contribution in [3.8, 4) is 5.75 Å². The first-order valence-corrected chi connectivity index (χ1v) is 6.64. The number of hydrogen-bond acceptors (Lipinski definition) is 2. The first kappa shape index (κ1) is 15.9. The van der Waals surface area contributed by atoms with Gasteiger partial charge in [0.2, 0.25) is 6.43 Å². The van der Waals surface area contributed by atoms with Gasteiger partial charge in [0, 0.05) is 6.42 Å². The van der Waals surface area contributed by atoms with Crippen LogP contribution in [0.2, 0.25) is 0 Å². The van der Waals surface area contributed by atoms with Crippen molar-refractivity contribution in [1.82, 2.24) is 0 Å². The summed E-state index contributed by atoms with van der Waals surface area (Å²) >= 11 is 0. The summed E-state index contributed by atoms with van der Waals surface area (Å²) in [5.74, 6) is 0.401. The Balaban J connectivity index is 2.91. The second-order valence-electron chi connectivity index (χ2n) is 5.05. The normalized spacial score (nSPS) is 14.7. The third-order valence-electron chi connectivity index (χ3n) is 3.25. The molecule has 0 saturated carbocycles. The van der Waals surface area contributed by atoms with Crippen LogP contribution in [-0.2, 0) is 5.60 Å². The van der Waals surface area contributed by atoms with E-state index in [0.717, 1.165) is 6.42 Å². The second kappa shape index (κ2) is 6.85. The molecule has 1 atom stereocenters. The van der Waals surface area contributed by atoms with E-state index in [1.54, 1.807) is 38.1 Å². The van der Waals surface area contributed by atoms with Crippen LogP contribution in [0.15, 0.2) is 24.3 Å². The van der Waals surface area contributed by atoms with E-state index in [0.29, 0.717) is 17.9 Å². The zero-order valence-corrected chi connectivity index (χ0v) is 11.7. The average molecular weight is 272 g/mol. The number of hydrogen-bond donors (Lipinski definition) is 1. The zero-order chi connectivity index (χ0) is 14.5. The Bertz CT molecular complexity index is 376. The molecular formula is C15H22F2O2. The molecule has 1 aromatic rings. The first-order valence-electron chi connectivity index (χ1n) is 6.64. The van der Waals surface area contributed by atoms with Gasteiger partial charge >= 0.3 is 0 Å². The summed E-state index contributed by atoms with van der Waals surface area (Å²) in [4.78, 5) is 0. The maximum Gasteiger partial charge on any atom is 0.241 e.